The van der Waals surface area contributed by atoms with Gasteiger partial charge < -0.3 is 14.2 Å². The first-order chi connectivity index (χ1) is 17.8. The summed E-state index contributed by atoms with van der Waals surface area (Å²) < 4.78 is 18.7. The van der Waals surface area contributed by atoms with Crippen LogP contribution in [-0.2, 0) is 16.2 Å². The number of hydrogen-bond donors (Lipinski definition) is 1. The van der Waals surface area contributed by atoms with Gasteiger partial charge in [0.25, 0.3) is 11.8 Å². The molecule has 10 heteroatoms. The second kappa shape index (κ2) is 11.6. The van der Waals surface area contributed by atoms with E-state index in [1.807, 2.05) is 25.1 Å². The van der Waals surface area contributed by atoms with Crippen LogP contribution < -0.4 is 24.4 Å². The lowest BCUT2D eigenvalue weighted by Gasteiger charge is -2.26. The Morgan fingerprint density at radius 2 is 1.68 bits per heavy atom. The van der Waals surface area contributed by atoms with Gasteiger partial charge in [-0.05, 0) is 67.1 Å². The van der Waals surface area contributed by atoms with Gasteiger partial charge >= 0.3 is 6.03 Å². The van der Waals surface area contributed by atoms with Crippen molar-refractivity contribution in [1.82, 2.24) is 5.32 Å². The van der Waals surface area contributed by atoms with E-state index in [2.05, 4.69) is 37.2 Å². The van der Waals surface area contributed by atoms with Gasteiger partial charge in [-0.3, -0.25) is 14.9 Å². The Labute approximate surface area is 230 Å². The molecule has 4 amide bonds. The predicted octanol–water partition coefficient (Wildman–Crippen LogP) is 5.86. The van der Waals surface area contributed by atoms with Gasteiger partial charge in [-0.1, -0.05) is 44.0 Å². The summed E-state index contributed by atoms with van der Waals surface area (Å²) in [6.07, 6.45) is 1.41. The SMILES string of the molecule is CCOc1ccc(N2C(=O)NC(=O)/C(=C\c3ccc(OCc4ccc(Br)cc4Br)c(OC)c3)C2=O)cc1. The zero-order valence-electron chi connectivity index (χ0n) is 19.9. The highest BCUT2D eigenvalue weighted by molar-refractivity contribution is 9.11. The van der Waals surface area contributed by atoms with Crippen LogP contribution in [0.25, 0.3) is 6.08 Å². The number of nitrogens with one attached hydrogen (secondary N) is 1. The van der Waals surface area contributed by atoms with Gasteiger partial charge in [-0.15, -0.1) is 0 Å². The molecule has 4 rings (SSSR count). The average molecular weight is 630 g/mol. The van der Waals surface area contributed by atoms with Crippen molar-refractivity contribution in [1.29, 1.82) is 0 Å². The number of barbiturate groups is 1. The molecule has 0 radical (unpaired) electrons. The highest BCUT2D eigenvalue weighted by Crippen LogP contribution is 2.32. The maximum Gasteiger partial charge on any atom is 0.335 e. The molecule has 0 unspecified atom stereocenters. The summed E-state index contributed by atoms with van der Waals surface area (Å²) >= 11 is 6.94. The number of nitrogens with zero attached hydrogens (tertiary/aromatic N) is 1. The maximum atomic E-state index is 13.2. The molecule has 0 saturated carbocycles. The Morgan fingerprint density at radius 1 is 0.919 bits per heavy atom. The van der Waals surface area contributed by atoms with Crippen LogP contribution in [0.15, 0.2) is 75.2 Å². The monoisotopic (exact) mass is 628 g/mol. The Hall–Kier alpha value is -3.63. The second-order valence-electron chi connectivity index (χ2n) is 7.82. The highest BCUT2D eigenvalue weighted by Gasteiger charge is 2.36. The number of carbonyl (C=O) groups excluding carboxylic acids is 3. The average Bonchev–Trinajstić information content (AvgIpc) is 2.87. The first-order valence-electron chi connectivity index (χ1n) is 11.2. The normalized spacial score (nSPS) is 14.5. The minimum Gasteiger partial charge on any atom is -0.494 e. The standard InChI is InChI=1S/C27H22Br2N2O6/c1-3-36-20-9-7-19(8-10-20)31-26(33)21(25(32)30-27(31)34)12-16-4-11-23(24(13-16)35-2)37-15-17-5-6-18(28)14-22(17)29/h4-14H,3,15H2,1-2H3,(H,30,32,34)/b21-12+. The van der Waals surface area contributed by atoms with Gasteiger partial charge in [0.1, 0.15) is 17.9 Å². The third kappa shape index (κ3) is 6.03. The van der Waals surface area contributed by atoms with Crippen molar-refractivity contribution in [3.05, 3.63) is 86.3 Å². The van der Waals surface area contributed by atoms with Gasteiger partial charge in [0, 0.05) is 14.5 Å². The lowest BCUT2D eigenvalue weighted by molar-refractivity contribution is -0.122. The number of carbonyl (C=O) groups is 3. The van der Waals surface area contributed by atoms with E-state index >= 15 is 0 Å². The molecule has 8 nitrogen and oxygen atoms in total. The first-order valence-corrected chi connectivity index (χ1v) is 12.8. The highest BCUT2D eigenvalue weighted by atomic mass is 79.9. The summed E-state index contributed by atoms with van der Waals surface area (Å²) in [5, 5.41) is 2.22. The predicted molar refractivity (Wildman–Crippen MR) is 146 cm³/mol. The molecule has 0 aliphatic carbocycles. The maximum absolute atomic E-state index is 13.2. The molecule has 1 saturated heterocycles. The number of halogens is 2. The molecule has 0 spiro atoms. The van der Waals surface area contributed by atoms with E-state index in [9.17, 15) is 14.4 Å². The molecular weight excluding hydrogens is 608 g/mol. The molecule has 1 aliphatic rings. The number of amides is 4. The van der Waals surface area contributed by atoms with E-state index in [0.717, 1.165) is 19.4 Å². The number of rotatable bonds is 8. The number of anilines is 1. The quantitative estimate of drug-likeness (QED) is 0.248. The minimum atomic E-state index is -0.822. The number of benzene rings is 3. The topological polar surface area (TPSA) is 94.2 Å². The summed E-state index contributed by atoms with van der Waals surface area (Å²) in [5.74, 6) is -0.00510. The summed E-state index contributed by atoms with van der Waals surface area (Å²) in [5.41, 5.74) is 1.58. The molecule has 0 bridgehead atoms. The van der Waals surface area contributed by atoms with Crippen LogP contribution in [0.2, 0.25) is 0 Å². The number of imide groups is 2. The van der Waals surface area contributed by atoms with Crippen molar-refractivity contribution >= 4 is 61.5 Å². The molecule has 1 N–H and O–H groups in total. The van der Waals surface area contributed by atoms with Crippen LogP contribution in [0.3, 0.4) is 0 Å². The van der Waals surface area contributed by atoms with Gasteiger partial charge in [-0.25, -0.2) is 9.69 Å². The van der Waals surface area contributed by atoms with E-state index in [1.165, 1.54) is 13.2 Å². The molecule has 190 valence electrons. The zero-order chi connectivity index (χ0) is 26.5. The number of urea groups is 1. The lowest BCUT2D eigenvalue weighted by Crippen LogP contribution is -2.54. The van der Waals surface area contributed by atoms with Crippen molar-refractivity contribution < 1.29 is 28.6 Å². The van der Waals surface area contributed by atoms with Crippen LogP contribution in [-0.4, -0.2) is 31.6 Å². The van der Waals surface area contributed by atoms with E-state index in [4.69, 9.17) is 14.2 Å². The molecular formula is C27H22Br2N2O6. The van der Waals surface area contributed by atoms with E-state index < -0.39 is 17.8 Å². The summed E-state index contributed by atoms with van der Waals surface area (Å²) in [4.78, 5) is 39.1. The smallest absolute Gasteiger partial charge is 0.335 e. The molecule has 1 fully saturated rings. The number of ether oxygens (including phenoxy) is 3. The van der Waals surface area contributed by atoms with Crippen LogP contribution in [0.4, 0.5) is 10.5 Å². The van der Waals surface area contributed by atoms with Crippen molar-refractivity contribution in [2.75, 3.05) is 18.6 Å². The van der Waals surface area contributed by atoms with Crippen molar-refractivity contribution in [3.63, 3.8) is 0 Å². The summed E-state index contributed by atoms with van der Waals surface area (Å²) in [6.45, 7) is 2.64. The van der Waals surface area contributed by atoms with Crippen LogP contribution in [0.1, 0.15) is 18.1 Å². The number of methoxy groups -OCH3 is 1. The van der Waals surface area contributed by atoms with Crippen molar-refractivity contribution in [2.45, 2.75) is 13.5 Å². The fourth-order valence-electron chi connectivity index (χ4n) is 3.60. The zero-order valence-corrected chi connectivity index (χ0v) is 23.1. The third-order valence-electron chi connectivity index (χ3n) is 5.40. The van der Waals surface area contributed by atoms with Gasteiger partial charge in [0.2, 0.25) is 0 Å². The number of hydrogen-bond acceptors (Lipinski definition) is 6. The van der Waals surface area contributed by atoms with E-state index in [0.29, 0.717) is 41.7 Å². The van der Waals surface area contributed by atoms with Crippen molar-refractivity contribution in [2.24, 2.45) is 0 Å². The third-order valence-corrected chi connectivity index (χ3v) is 6.64. The molecule has 1 aliphatic heterocycles. The fraction of sp³-hybridized carbons (Fsp3) is 0.148. The van der Waals surface area contributed by atoms with E-state index in [-0.39, 0.29) is 5.57 Å². The molecule has 3 aromatic carbocycles. The van der Waals surface area contributed by atoms with E-state index in [1.54, 1.807) is 42.5 Å². The van der Waals surface area contributed by atoms with Crippen LogP contribution in [0.5, 0.6) is 17.2 Å². The van der Waals surface area contributed by atoms with Crippen LogP contribution >= 0.6 is 31.9 Å². The Kier molecular flexibility index (Phi) is 8.30. The fourth-order valence-corrected chi connectivity index (χ4v) is 4.77. The lowest BCUT2D eigenvalue weighted by atomic mass is 10.1. The molecule has 0 atom stereocenters. The molecule has 0 aromatic heterocycles. The van der Waals surface area contributed by atoms with Gasteiger partial charge in [0.05, 0.1) is 19.4 Å². The van der Waals surface area contributed by atoms with Gasteiger partial charge in [-0.2, -0.15) is 0 Å². The summed E-state index contributed by atoms with van der Waals surface area (Å²) in [7, 11) is 1.50. The Balaban J connectivity index is 1.57. The molecule has 37 heavy (non-hydrogen) atoms. The summed E-state index contributed by atoms with van der Waals surface area (Å²) in [6, 6.07) is 16.5. The second-order valence-corrected chi connectivity index (χ2v) is 9.59. The van der Waals surface area contributed by atoms with Crippen LogP contribution in [0, 0.1) is 0 Å². The van der Waals surface area contributed by atoms with Crippen molar-refractivity contribution in [3.8, 4) is 17.2 Å². The molecule has 1 heterocycles. The minimum absolute atomic E-state index is 0.192. The Morgan fingerprint density at radius 3 is 2.35 bits per heavy atom. The largest absolute Gasteiger partial charge is 0.494 e. The first kappa shape index (κ1) is 26.4. The Bertz CT molecular complexity index is 1390. The molecule has 3 aromatic rings. The van der Waals surface area contributed by atoms with Gasteiger partial charge in [0.15, 0.2) is 11.5 Å².